The first-order chi connectivity index (χ1) is 13.7. The largest absolute Gasteiger partial charge is 0.468 e. The minimum Gasteiger partial charge on any atom is -0.468 e. The van der Waals surface area contributed by atoms with Gasteiger partial charge in [-0.15, -0.1) is 0 Å². The lowest BCUT2D eigenvalue weighted by molar-refractivity contribution is -0.149. The number of amides is 1. The van der Waals surface area contributed by atoms with Crippen LogP contribution < -0.4 is 4.90 Å². The molecule has 0 N–H and O–H groups in total. The lowest BCUT2D eigenvalue weighted by Crippen LogP contribution is -2.45. The highest BCUT2D eigenvalue weighted by Crippen LogP contribution is 2.34. The predicted octanol–water partition coefficient (Wildman–Crippen LogP) is 2.62. The monoisotopic (exact) mass is 437 g/mol. The molecular formula is C18H23ClF3N3O4. The van der Waals surface area contributed by atoms with E-state index in [0.29, 0.717) is 25.9 Å². The summed E-state index contributed by atoms with van der Waals surface area (Å²) >= 11 is 6.00. The van der Waals surface area contributed by atoms with Gasteiger partial charge in [0.15, 0.2) is 0 Å². The van der Waals surface area contributed by atoms with Gasteiger partial charge >= 0.3 is 12.1 Å². The maximum Gasteiger partial charge on any atom is 0.417 e. The number of hydrogen-bond donors (Lipinski definition) is 0. The number of ether oxygens (including phenoxy) is 2. The topological polar surface area (TPSA) is 72.0 Å². The Balaban J connectivity index is 2.01. The van der Waals surface area contributed by atoms with Crippen molar-refractivity contribution in [3.63, 3.8) is 0 Å². The van der Waals surface area contributed by atoms with Crippen molar-refractivity contribution in [3.05, 3.63) is 22.8 Å². The number of esters is 1. The fraction of sp³-hybridized carbons (Fsp3) is 0.611. The highest BCUT2D eigenvalue weighted by atomic mass is 35.5. The Morgan fingerprint density at radius 1 is 1.31 bits per heavy atom. The van der Waals surface area contributed by atoms with Gasteiger partial charge in [0, 0.05) is 38.9 Å². The predicted molar refractivity (Wildman–Crippen MR) is 99.7 cm³/mol. The van der Waals surface area contributed by atoms with E-state index in [4.69, 9.17) is 16.3 Å². The summed E-state index contributed by atoms with van der Waals surface area (Å²) < 4.78 is 47.9. The van der Waals surface area contributed by atoms with Gasteiger partial charge in [-0.1, -0.05) is 11.6 Å². The number of halogens is 4. The van der Waals surface area contributed by atoms with E-state index in [1.807, 2.05) is 0 Å². The average Bonchev–Trinajstić information content (AvgIpc) is 2.69. The number of carbonyl (C=O) groups is 2. The summed E-state index contributed by atoms with van der Waals surface area (Å²) in [7, 11) is 2.75. The molecule has 0 aromatic carbocycles. The average molecular weight is 438 g/mol. The van der Waals surface area contributed by atoms with Gasteiger partial charge in [0.25, 0.3) is 0 Å². The molecule has 162 valence electrons. The number of pyridine rings is 1. The number of methoxy groups -OCH3 is 2. The summed E-state index contributed by atoms with van der Waals surface area (Å²) in [5, 5.41) is -0.0861. The second-order valence-corrected chi connectivity index (χ2v) is 7.02. The van der Waals surface area contributed by atoms with Gasteiger partial charge < -0.3 is 19.3 Å². The summed E-state index contributed by atoms with van der Waals surface area (Å²) in [4.78, 5) is 31.4. The second-order valence-electron chi connectivity index (χ2n) is 6.62. The minimum atomic E-state index is -4.51. The number of hydrogen-bond acceptors (Lipinski definition) is 6. The fourth-order valence-corrected chi connectivity index (χ4v) is 3.39. The fourth-order valence-electron chi connectivity index (χ4n) is 3.10. The van der Waals surface area contributed by atoms with Crippen molar-refractivity contribution in [1.82, 2.24) is 9.88 Å². The van der Waals surface area contributed by atoms with Gasteiger partial charge in [-0.3, -0.25) is 9.59 Å². The molecule has 0 unspecified atom stereocenters. The number of aromatic nitrogens is 1. The van der Waals surface area contributed by atoms with Crippen LogP contribution >= 0.6 is 11.6 Å². The van der Waals surface area contributed by atoms with E-state index in [9.17, 15) is 22.8 Å². The number of alkyl halides is 3. The quantitative estimate of drug-likeness (QED) is 0.611. The first-order valence-corrected chi connectivity index (χ1v) is 9.37. The number of carbonyl (C=O) groups excluding carboxylic acids is 2. The third-order valence-electron chi connectivity index (χ3n) is 4.72. The zero-order valence-corrected chi connectivity index (χ0v) is 16.9. The summed E-state index contributed by atoms with van der Waals surface area (Å²) in [6.07, 6.45) is -2.84. The minimum absolute atomic E-state index is 0.0861. The van der Waals surface area contributed by atoms with Crippen LogP contribution in [0.1, 0.15) is 18.4 Å². The van der Waals surface area contributed by atoms with E-state index in [-0.39, 0.29) is 42.4 Å². The van der Waals surface area contributed by atoms with Crippen LogP contribution in [0.5, 0.6) is 0 Å². The molecule has 0 spiro atoms. The van der Waals surface area contributed by atoms with Gasteiger partial charge in [0.05, 0.1) is 24.3 Å². The molecule has 1 aromatic heterocycles. The standard InChI is InChI=1S/C18H23ClF3N3O4/c1-28-8-7-25(11-15(26)29-2)17(27)12-3-5-24(6-4-12)16-14(19)9-13(10-23-16)18(20,21)22/h9-10,12H,3-8,11H2,1-2H3. The molecule has 7 nitrogen and oxygen atoms in total. The molecule has 1 saturated heterocycles. The maximum absolute atomic E-state index is 12.8. The lowest BCUT2D eigenvalue weighted by atomic mass is 9.95. The van der Waals surface area contributed by atoms with E-state index >= 15 is 0 Å². The third kappa shape index (κ3) is 6.20. The summed E-state index contributed by atoms with van der Waals surface area (Å²) in [6, 6.07) is 0.851. The highest BCUT2D eigenvalue weighted by molar-refractivity contribution is 6.33. The zero-order chi connectivity index (χ0) is 21.6. The van der Waals surface area contributed by atoms with E-state index < -0.39 is 17.7 Å². The molecule has 2 rings (SSSR count). The van der Waals surface area contributed by atoms with E-state index in [1.165, 1.54) is 19.1 Å². The van der Waals surface area contributed by atoms with Crippen molar-refractivity contribution in [2.75, 3.05) is 51.9 Å². The molecule has 0 atom stereocenters. The first kappa shape index (κ1) is 23.2. The van der Waals surface area contributed by atoms with E-state index in [1.54, 1.807) is 4.90 Å². The van der Waals surface area contributed by atoms with Crippen LogP contribution in [0.2, 0.25) is 5.02 Å². The van der Waals surface area contributed by atoms with Gasteiger partial charge in [0.2, 0.25) is 5.91 Å². The molecule has 0 aliphatic carbocycles. The molecule has 1 aromatic rings. The summed E-state index contributed by atoms with van der Waals surface area (Å²) in [6.45, 7) is 1.20. The smallest absolute Gasteiger partial charge is 0.417 e. The Hall–Kier alpha value is -2.07. The zero-order valence-electron chi connectivity index (χ0n) is 16.2. The molecule has 0 saturated carbocycles. The molecule has 29 heavy (non-hydrogen) atoms. The highest BCUT2D eigenvalue weighted by Gasteiger charge is 2.33. The van der Waals surface area contributed by atoms with Crippen molar-refractivity contribution in [2.45, 2.75) is 19.0 Å². The van der Waals surface area contributed by atoms with Crippen LogP contribution in [0.15, 0.2) is 12.3 Å². The Morgan fingerprint density at radius 3 is 2.48 bits per heavy atom. The first-order valence-electron chi connectivity index (χ1n) is 8.99. The second kappa shape index (κ2) is 10.1. The number of nitrogens with zero attached hydrogens (tertiary/aromatic N) is 3. The van der Waals surface area contributed by atoms with Crippen LogP contribution in [-0.4, -0.2) is 68.8 Å². The van der Waals surface area contributed by atoms with Crippen molar-refractivity contribution in [3.8, 4) is 0 Å². The molecule has 0 radical (unpaired) electrons. The van der Waals surface area contributed by atoms with Crippen LogP contribution in [0.4, 0.5) is 19.0 Å². The van der Waals surface area contributed by atoms with Gasteiger partial charge in [-0.25, -0.2) is 4.98 Å². The van der Waals surface area contributed by atoms with Crippen molar-refractivity contribution >= 4 is 29.3 Å². The molecule has 11 heteroatoms. The van der Waals surface area contributed by atoms with Crippen molar-refractivity contribution in [2.24, 2.45) is 5.92 Å². The van der Waals surface area contributed by atoms with Gasteiger partial charge in [-0.2, -0.15) is 13.2 Å². The van der Waals surface area contributed by atoms with Crippen LogP contribution in [0, 0.1) is 5.92 Å². The Bertz CT molecular complexity index is 725. The molecule has 1 fully saturated rings. The lowest BCUT2D eigenvalue weighted by Gasteiger charge is -2.35. The SMILES string of the molecule is COCCN(CC(=O)OC)C(=O)C1CCN(c2ncc(C(F)(F)F)cc2Cl)CC1. The Labute approximate surface area is 171 Å². The Kier molecular flexibility index (Phi) is 8.09. The molecule has 1 aliphatic heterocycles. The number of rotatable bonds is 7. The molecule has 1 aliphatic rings. The maximum atomic E-state index is 12.8. The van der Waals surface area contributed by atoms with E-state index in [2.05, 4.69) is 9.72 Å². The Morgan fingerprint density at radius 2 is 1.97 bits per heavy atom. The summed E-state index contributed by atoms with van der Waals surface area (Å²) in [5.41, 5.74) is -0.909. The molecule has 0 bridgehead atoms. The number of anilines is 1. The molecule has 2 heterocycles. The number of piperidine rings is 1. The van der Waals surface area contributed by atoms with Gasteiger partial charge in [0.1, 0.15) is 12.4 Å². The van der Waals surface area contributed by atoms with Crippen LogP contribution in [-0.2, 0) is 25.2 Å². The van der Waals surface area contributed by atoms with Crippen LogP contribution in [0.3, 0.4) is 0 Å². The van der Waals surface area contributed by atoms with E-state index in [0.717, 1.165) is 12.3 Å². The van der Waals surface area contributed by atoms with Crippen LogP contribution in [0.25, 0.3) is 0 Å². The van der Waals surface area contributed by atoms with Gasteiger partial charge in [-0.05, 0) is 18.9 Å². The summed E-state index contributed by atoms with van der Waals surface area (Å²) in [5.74, 6) is -0.761. The van der Waals surface area contributed by atoms with Crippen molar-refractivity contribution < 1.29 is 32.2 Å². The third-order valence-corrected chi connectivity index (χ3v) is 5.00. The molecule has 1 amide bonds. The molecular weight excluding hydrogens is 415 g/mol. The van der Waals surface area contributed by atoms with Crippen molar-refractivity contribution in [1.29, 1.82) is 0 Å². The normalized spacial score (nSPS) is 15.3.